The molecule has 1 rings (SSSR count). The van der Waals surface area contributed by atoms with Crippen molar-refractivity contribution in [2.24, 2.45) is 4.99 Å². The number of aliphatic hydroxyl groups is 2. The number of methoxy groups -OCH3 is 1. The van der Waals surface area contributed by atoms with Crippen molar-refractivity contribution in [1.82, 2.24) is 0 Å². The van der Waals surface area contributed by atoms with Crippen LogP contribution in [0.25, 0.3) is 0 Å². The first kappa shape index (κ1) is 14.5. The van der Waals surface area contributed by atoms with Gasteiger partial charge in [-0.3, -0.25) is 4.79 Å². The Bertz CT molecular complexity index is 471. The first-order valence-corrected chi connectivity index (χ1v) is 5.60. The van der Waals surface area contributed by atoms with E-state index in [4.69, 9.17) is 0 Å². The maximum absolute atomic E-state index is 11.0. The average molecular weight is 267 g/mol. The first-order valence-electron chi connectivity index (χ1n) is 5.19. The zero-order chi connectivity index (χ0) is 13.5. The summed E-state index contributed by atoms with van der Waals surface area (Å²) in [7, 11) is 1.22. The molecule has 18 heavy (non-hydrogen) atoms. The molecular formula is C12H13NO4S. The summed E-state index contributed by atoms with van der Waals surface area (Å²) in [6, 6.07) is 6.52. The largest absolute Gasteiger partial charge is 0.469 e. The van der Waals surface area contributed by atoms with Gasteiger partial charge in [0.25, 0.3) is 0 Å². The van der Waals surface area contributed by atoms with E-state index in [0.29, 0.717) is 11.3 Å². The lowest BCUT2D eigenvalue weighted by molar-refractivity contribution is -0.144. The molecule has 0 radical (unpaired) electrons. The fourth-order valence-corrected chi connectivity index (χ4v) is 1.52. The van der Waals surface area contributed by atoms with Gasteiger partial charge in [0.05, 0.1) is 30.5 Å². The van der Waals surface area contributed by atoms with Crippen LogP contribution >= 0.6 is 12.2 Å². The van der Waals surface area contributed by atoms with Gasteiger partial charge in [0.1, 0.15) is 6.10 Å². The van der Waals surface area contributed by atoms with Crippen LogP contribution in [0.4, 0.5) is 5.69 Å². The predicted octanol–water partition coefficient (Wildman–Crippen LogP) is 1.38. The van der Waals surface area contributed by atoms with Crippen molar-refractivity contribution in [3.8, 4) is 0 Å². The second-order valence-electron chi connectivity index (χ2n) is 3.59. The Hall–Kier alpha value is -1.59. The molecule has 0 aliphatic heterocycles. The number of benzene rings is 1. The van der Waals surface area contributed by atoms with Crippen LogP contribution in [0.3, 0.4) is 0 Å². The van der Waals surface area contributed by atoms with E-state index in [2.05, 4.69) is 27.1 Å². The minimum Gasteiger partial charge on any atom is -0.469 e. The molecule has 0 fully saturated rings. The molecule has 5 nitrogen and oxygen atoms in total. The molecule has 0 saturated carbocycles. The lowest BCUT2D eigenvalue weighted by Crippen LogP contribution is -2.22. The average Bonchev–Trinajstić information content (AvgIpc) is 2.38. The van der Waals surface area contributed by atoms with E-state index in [9.17, 15) is 15.0 Å². The van der Waals surface area contributed by atoms with E-state index in [1.165, 1.54) is 7.11 Å². The molecule has 1 aromatic carbocycles. The van der Waals surface area contributed by atoms with Gasteiger partial charge in [-0.1, -0.05) is 12.1 Å². The highest BCUT2D eigenvalue weighted by molar-refractivity contribution is 7.78. The van der Waals surface area contributed by atoms with E-state index in [-0.39, 0.29) is 6.42 Å². The Morgan fingerprint density at radius 2 is 2.28 bits per heavy atom. The Morgan fingerprint density at radius 3 is 2.89 bits per heavy atom. The Kier molecular flexibility index (Phi) is 5.61. The van der Waals surface area contributed by atoms with Crippen molar-refractivity contribution in [2.45, 2.75) is 18.6 Å². The quantitative estimate of drug-likeness (QED) is 0.478. The summed E-state index contributed by atoms with van der Waals surface area (Å²) in [4.78, 5) is 14.8. The topological polar surface area (TPSA) is 79.1 Å². The molecule has 0 spiro atoms. The monoisotopic (exact) mass is 267 g/mol. The maximum Gasteiger partial charge on any atom is 0.308 e. The molecule has 0 aromatic heterocycles. The van der Waals surface area contributed by atoms with Gasteiger partial charge >= 0.3 is 5.97 Å². The summed E-state index contributed by atoms with van der Waals surface area (Å²) in [6.45, 7) is 0. The molecule has 0 saturated heterocycles. The third kappa shape index (κ3) is 4.01. The molecule has 2 N–H and O–H groups in total. The van der Waals surface area contributed by atoms with Gasteiger partial charge in [0, 0.05) is 0 Å². The van der Waals surface area contributed by atoms with E-state index >= 15 is 0 Å². The summed E-state index contributed by atoms with van der Waals surface area (Å²) in [5, 5.41) is 21.8. The first-order chi connectivity index (χ1) is 8.58. The van der Waals surface area contributed by atoms with Crippen molar-refractivity contribution in [2.75, 3.05) is 7.11 Å². The maximum atomic E-state index is 11.0. The van der Waals surface area contributed by atoms with E-state index in [0.717, 1.165) is 0 Å². The number of aliphatic hydroxyl groups excluding tert-OH is 2. The molecule has 0 aliphatic rings. The smallest absolute Gasteiger partial charge is 0.308 e. The Morgan fingerprint density at radius 1 is 1.56 bits per heavy atom. The van der Waals surface area contributed by atoms with Crippen LogP contribution in [-0.4, -0.2) is 34.6 Å². The lowest BCUT2D eigenvalue weighted by atomic mass is 10.0. The zero-order valence-corrected chi connectivity index (χ0v) is 10.6. The van der Waals surface area contributed by atoms with Gasteiger partial charge in [0.15, 0.2) is 0 Å². The highest BCUT2D eigenvalue weighted by Crippen LogP contribution is 2.23. The van der Waals surface area contributed by atoms with Crippen molar-refractivity contribution in [3.05, 3.63) is 29.8 Å². The standard InChI is InChI=1S/C12H13NO4S/c1-17-11(15)6-10(14)12(16)8-3-2-4-9(5-8)13-7-18/h2-5,10,12,14,16H,6H2,1H3. The van der Waals surface area contributed by atoms with Crippen molar-refractivity contribution >= 4 is 29.0 Å². The Labute approximate surface area is 110 Å². The number of thiocarbonyl (C=S) groups is 1. The molecule has 0 heterocycles. The number of isothiocyanates is 1. The summed E-state index contributed by atoms with van der Waals surface area (Å²) >= 11 is 4.48. The summed E-state index contributed by atoms with van der Waals surface area (Å²) in [5.74, 6) is -0.588. The molecule has 2 unspecified atom stereocenters. The number of aliphatic imine (C=N–C) groups is 1. The van der Waals surface area contributed by atoms with Gasteiger partial charge in [-0.05, 0) is 29.9 Å². The van der Waals surface area contributed by atoms with Crippen LogP contribution in [-0.2, 0) is 9.53 Å². The minimum atomic E-state index is -1.23. The fourth-order valence-electron chi connectivity index (χ4n) is 1.42. The zero-order valence-electron chi connectivity index (χ0n) is 9.74. The lowest BCUT2D eigenvalue weighted by Gasteiger charge is -2.17. The molecule has 0 aliphatic carbocycles. The normalized spacial score (nSPS) is 13.3. The van der Waals surface area contributed by atoms with Gasteiger partial charge in [-0.2, -0.15) is 4.99 Å². The predicted molar refractivity (Wildman–Crippen MR) is 68.7 cm³/mol. The van der Waals surface area contributed by atoms with Crippen molar-refractivity contribution in [1.29, 1.82) is 0 Å². The van der Waals surface area contributed by atoms with Crippen LogP contribution in [0.1, 0.15) is 18.1 Å². The van der Waals surface area contributed by atoms with Crippen LogP contribution in [0, 0.1) is 0 Å². The summed E-state index contributed by atoms with van der Waals surface area (Å²) in [6.07, 6.45) is -2.70. The Balaban J connectivity index is 2.82. The molecule has 96 valence electrons. The van der Waals surface area contributed by atoms with Gasteiger partial charge in [-0.15, -0.1) is 0 Å². The molecule has 6 heteroatoms. The minimum absolute atomic E-state index is 0.279. The van der Waals surface area contributed by atoms with Crippen LogP contribution < -0.4 is 0 Å². The number of hydrogen-bond acceptors (Lipinski definition) is 6. The van der Waals surface area contributed by atoms with Crippen LogP contribution in [0.15, 0.2) is 29.3 Å². The number of nitrogens with zero attached hydrogens (tertiary/aromatic N) is 1. The van der Waals surface area contributed by atoms with E-state index in [1.807, 2.05) is 0 Å². The van der Waals surface area contributed by atoms with Gasteiger partial charge < -0.3 is 14.9 Å². The number of carbonyl (C=O) groups excluding carboxylic acids is 1. The SMILES string of the molecule is COC(=O)CC(O)C(O)c1cccc(N=C=S)c1. The highest BCUT2D eigenvalue weighted by atomic mass is 32.1. The van der Waals surface area contributed by atoms with E-state index < -0.39 is 18.2 Å². The van der Waals surface area contributed by atoms with Gasteiger partial charge in [0.2, 0.25) is 0 Å². The molecule has 2 atom stereocenters. The van der Waals surface area contributed by atoms with Crippen molar-refractivity contribution in [3.63, 3.8) is 0 Å². The van der Waals surface area contributed by atoms with Crippen LogP contribution in [0.2, 0.25) is 0 Å². The van der Waals surface area contributed by atoms with E-state index in [1.54, 1.807) is 24.3 Å². The van der Waals surface area contributed by atoms with Crippen molar-refractivity contribution < 1.29 is 19.7 Å². The second-order valence-corrected chi connectivity index (χ2v) is 3.77. The number of hydrogen-bond donors (Lipinski definition) is 2. The number of ether oxygens (including phenoxy) is 1. The summed E-state index contributed by atoms with van der Waals surface area (Å²) in [5.41, 5.74) is 0.963. The second kappa shape index (κ2) is 6.98. The molecule has 1 aromatic rings. The molecular weight excluding hydrogens is 254 g/mol. The fraction of sp³-hybridized carbons (Fsp3) is 0.333. The summed E-state index contributed by atoms with van der Waals surface area (Å²) < 4.78 is 4.42. The number of rotatable bonds is 5. The number of carbonyl (C=O) groups is 1. The van der Waals surface area contributed by atoms with Gasteiger partial charge in [-0.25, -0.2) is 0 Å². The highest BCUT2D eigenvalue weighted by Gasteiger charge is 2.21. The third-order valence-electron chi connectivity index (χ3n) is 2.35. The molecule has 0 amide bonds. The van der Waals surface area contributed by atoms with Crippen LogP contribution in [0.5, 0.6) is 0 Å². The number of esters is 1. The third-order valence-corrected chi connectivity index (χ3v) is 2.45. The molecule has 0 bridgehead atoms.